The van der Waals surface area contributed by atoms with Crippen LogP contribution in [0.2, 0.25) is 0 Å². The van der Waals surface area contributed by atoms with E-state index in [1.54, 1.807) is 12.1 Å². The second-order valence-corrected chi connectivity index (χ2v) is 5.83. The van der Waals surface area contributed by atoms with Crippen LogP contribution in [0.25, 0.3) is 0 Å². The van der Waals surface area contributed by atoms with Crippen LogP contribution in [0, 0.1) is 5.82 Å². The van der Waals surface area contributed by atoms with E-state index in [0.717, 1.165) is 10.2 Å². The molecule has 1 heterocycles. The third-order valence-electron chi connectivity index (χ3n) is 3.20. The molecule has 0 radical (unpaired) electrons. The van der Waals surface area contributed by atoms with E-state index in [-0.39, 0.29) is 16.7 Å². The fourth-order valence-electron chi connectivity index (χ4n) is 1.97. The number of benzene rings is 2. The largest absolute Gasteiger partial charge is 0.334 e. The van der Waals surface area contributed by atoms with E-state index in [4.69, 9.17) is 5.84 Å². The summed E-state index contributed by atoms with van der Waals surface area (Å²) < 4.78 is 14.5. The summed E-state index contributed by atoms with van der Waals surface area (Å²) in [5.41, 5.74) is 0.628. The van der Waals surface area contributed by atoms with Gasteiger partial charge in [0.05, 0.1) is 5.69 Å². The number of halogens is 1. The van der Waals surface area contributed by atoms with Crippen molar-refractivity contribution in [3.63, 3.8) is 0 Å². The molecule has 0 atom stereocenters. The molecule has 0 amide bonds. The average molecular weight is 343 g/mol. The first kappa shape index (κ1) is 16.0. The van der Waals surface area contributed by atoms with Gasteiger partial charge in [0.15, 0.2) is 0 Å². The van der Waals surface area contributed by atoms with Gasteiger partial charge in [0.2, 0.25) is 11.0 Å². The van der Waals surface area contributed by atoms with Crippen LogP contribution in [0.1, 0.15) is 5.56 Å². The average Bonchev–Trinajstić information content (AvgIpc) is 2.61. The maximum atomic E-state index is 13.6. The molecule has 122 valence electrons. The number of nitrogens with one attached hydrogen (secondary N) is 1. The molecule has 3 N–H and O–H groups in total. The number of nitrogen functional groups attached to an aromatic ring is 1. The van der Waals surface area contributed by atoms with E-state index < -0.39 is 11.4 Å². The SMILES string of the molecule is Nn1c(SCc2ccccc2)nnc(Nc2ccccc2F)c1=O. The van der Waals surface area contributed by atoms with E-state index in [1.165, 1.54) is 23.9 Å². The highest BCUT2D eigenvalue weighted by molar-refractivity contribution is 7.98. The molecule has 1 aromatic heterocycles. The quantitative estimate of drug-likeness (QED) is 0.547. The van der Waals surface area contributed by atoms with Crippen LogP contribution in [0.5, 0.6) is 0 Å². The zero-order chi connectivity index (χ0) is 16.9. The summed E-state index contributed by atoms with van der Waals surface area (Å²) in [6.07, 6.45) is 0. The lowest BCUT2D eigenvalue weighted by Crippen LogP contribution is -2.32. The minimum absolute atomic E-state index is 0.133. The third kappa shape index (κ3) is 3.54. The smallest absolute Gasteiger partial charge is 0.315 e. The van der Waals surface area contributed by atoms with Crippen molar-refractivity contribution in [3.8, 4) is 0 Å². The Morgan fingerprint density at radius 3 is 2.54 bits per heavy atom. The molecule has 3 rings (SSSR count). The van der Waals surface area contributed by atoms with Crippen molar-refractivity contribution >= 4 is 23.3 Å². The minimum Gasteiger partial charge on any atom is -0.334 e. The molecule has 3 aromatic rings. The third-order valence-corrected chi connectivity index (χ3v) is 4.21. The van der Waals surface area contributed by atoms with Crippen molar-refractivity contribution in [1.29, 1.82) is 0 Å². The van der Waals surface area contributed by atoms with Gasteiger partial charge in [-0.2, -0.15) is 4.68 Å². The maximum Gasteiger partial charge on any atom is 0.315 e. The standard InChI is InChI=1S/C16H14FN5OS/c17-12-8-4-5-9-13(12)19-14-15(23)22(18)16(21-20-14)24-10-11-6-2-1-3-7-11/h1-9H,10,18H2,(H,19,20). The fourth-order valence-corrected chi connectivity index (χ4v) is 2.78. The molecule has 0 saturated heterocycles. The molecule has 0 aliphatic heterocycles. The number of thioether (sulfide) groups is 1. The van der Waals surface area contributed by atoms with Gasteiger partial charge >= 0.3 is 5.56 Å². The molecule has 0 bridgehead atoms. The van der Waals surface area contributed by atoms with Crippen molar-refractivity contribution in [1.82, 2.24) is 14.9 Å². The topological polar surface area (TPSA) is 85.8 Å². The second kappa shape index (κ2) is 7.14. The lowest BCUT2D eigenvalue weighted by molar-refractivity contribution is 0.631. The Hall–Kier alpha value is -2.87. The van der Waals surface area contributed by atoms with Crippen LogP contribution < -0.4 is 16.7 Å². The van der Waals surface area contributed by atoms with Gasteiger partial charge in [0.25, 0.3) is 0 Å². The number of anilines is 2. The number of hydrogen-bond donors (Lipinski definition) is 2. The highest BCUT2D eigenvalue weighted by atomic mass is 32.2. The van der Waals surface area contributed by atoms with Crippen molar-refractivity contribution in [2.24, 2.45) is 0 Å². The van der Waals surface area contributed by atoms with Crippen LogP contribution in [0.15, 0.2) is 64.5 Å². The Labute approximate surface area is 141 Å². The summed E-state index contributed by atoms with van der Waals surface area (Å²) in [5, 5.41) is 10.7. The zero-order valence-corrected chi connectivity index (χ0v) is 13.3. The number of para-hydroxylation sites is 1. The molecule has 0 spiro atoms. The monoisotopic (exact) mass is 343 g/mol. The first-order valence-corrected chi connectivity index (χ1v) is 8.07. The van der Waals surface area contributed by atoms with Crippen LogP contribution in [0.3, 0.4) is 0 Å². The Bertz CT molecular complexity index is 900. The summed E-state index contributed by atoms with van der Waals surface area (Å²) in [5.74, 6) is 5.76. The molecular weight excluding hydrogens is 329 g/mol. The maximum absolute atomic E-state index is 13.6. The van der Waals surface area contributed by atoms with E-state index >= 15 is 0 Å². The minimum atomic E-state index is -0.580. The Balaban J connectivity index is 1.79. The van der Waals surface area contributed by atoms with Gasteiger partial charge in [0, 0.05) is 5.75 Å². The van der Waals surface area contributed by atoms with Crippen LogP contribution in [0.4, 0.5) is 15.9 Å². The predicted octanol–water partition coefficient (Wildman–Crippen LogP) is 2.53. The number of rotatable bonds is 5. The summed E-state index contributed by atoms with van der Waals surface area (Å²) in [4.78, 5) is 12.3. The lowest BCUT2D eigenvalue weighted by Gasteiger charge is -2.09. The molecule has 0 saturated carbocycles. The van der Waals surface area contributed by atoms with Gasteiger partial charge in [-0.05, 0) is 17.7 Å². The molecule has 0 unspecified atom stereocenters. The first-order valence-electron chi connectivity index (χ1n) is 7.08. The molecule has 6 nitrogen and oxygen atoms in total. The van der Waals surface area contributed by atoms with Crippen LogP contribution >= 0.6 is 11.8 Å². The summed E-state index contributed by atoms with van der Waals surface area (Å²) >= 11 is 1.29. The van der Waals surface area contributed by atoms with Gasteiger partial charge < -0.3 is 11.2 Å². The highest BCUT2D eigenvalue weighted by Crippen LogP contribution is 2.19. The van der Waals surface area contributed by atoms with E-state index in [1.807, 2.05) is 30.3 Å². The van der Waals surface area contributed by atoms with Gasteiger partial charge in [-0.25, -0.2) is 4.39 Å². The first-order chi connectivity index (χ1) is 11.6. The number of hydrogen-bond acceptors (Lipinski definition) is 6. The zero-order valence-electron chi connectivity index (χ0n) is 12.5. The Morgan fingerprint density at radius 2 is 1.79 bits per heavy atom. The Kier molecular flexibility index (Phi) is 4.76. The van der Waals surface area contributed by atoms with Gasteiger partial charge in [-0.3, -0.25) is 4.79 Å². The second-order valence-electron chi connectivity index (χ2n) is 4.89. The number of nitrogens with two attached hydrogens (primary N) is 1. The Morgan fingerprint density at radius 1 is 1.08 bits per heavy atom. The van der Waals surface area contributed by atoms with Crippen molar-refractivity contribution in [2.45, 2.75) is 10.9 Å². The van der Waals surface area contributed by atoms with Gasteiger partial charge in [-0.15, -0.1) is 10.2 Å². The molecular formula is C16H14FN5OS. The molecule has 0 aliphatic rings. The molecule has 8 heteroatoms. The summed E-state index contributed by atoms with van der Waals surface area (Å²) in [6, 6.07) is 15.7. The predicted molar refractivity (Wildman–Crippen MR) is 92.1 cm³/mol. The highest BCUT2D eigenvalue weighted by Gasteiger charge is 2.12. The lowest BCUT2D eigenvalue weighted by atomic mass is 10.2. The summed E-state index contributed by atoms with van der Waals surface area (Å²) in [6.45, 7) is 0. The van der Waals surface area contributed by atoms with E-state index in [2.05, 4.69) is 15.5 Å². The van der Waals surface area contributed by atoms with Gasteiger partial charge in [-0.1, -0.05) is 54.2 Å². The molecule has 2 aromatic carbocycles. The van der Waals surface area contributed by atoms with Crippen LogP contribution in [-0.4, -0.2) is 14.9 Å². The van der Waals surface area contributed by atoms with E-state index in [9.17, 15) is 9.18 Å². The van der Waals surface area contributed by atoms with Crippen molar-refractivity contribution in [3.05, 3.63) is 76.3 Å². The van der Waals surface area contributed by atoms with Crippen molar-refractivity contribution < 1.29 is 4.39 Å². The molecule has 0 fully saturated rings. The van der Waals surface area contributed by atoms with Crippen LogP contribution in [-0.2, 0) is 5.75 Å². The van der Waals surface area contributed by atoms with Gasteiger partial charge in [0.1, 0.15) is 5.82 Å². The number of nitrogens with zero attached hydrogens (tertiary/aromatic N) is 3. The summed E-state index contributed by atoms with van der Waals surface area (Å²) in [7, 11) is 0. The fraction of sp³-hybridized carbons (Fsp3) is 0.0625. The molecule has 0 aliphatic carbocycles. The van der Waals surface area contributed by atoms with Crippen molar-refractivity contribution in [2.75, 3.05) is 11.2 Å². The molecule has 24 heavy (non-hydrogen) atoms. The normalized spacial score (nSPS) is 10.5. The number of aromatic nitrogens is 3. The van der Waals surface area contributed by atoms with E-state index in [0.29, 0.717) is 5.75 Å².